The van der Waals surface area contributed by atoms with Crippen molar-refractivity contribution in [3.63, 3.8) is 0 Å². The lowest BCUT2D eigenvalue weighted by atomic mass is 10.0. The first-order valence-corrected chi connectivity index (χ1v) is 7.19. The highest BCUT2D eigenvalue weighted by atomic mass is 16.1. The number of rotatable bonds is 9. The molecule has 0 radical (unpaired) electrons. The number of amides is 2. The third kappa shape index (κ3) is 7.12. The van der Waals surface area contributed by atoms with Gasteiger partial charge in [0.15, 0.2) is 0 Å². The number of primary amides is 2. The van der Waals surface area contributed by atoms with E-state index in [0.29, 0.717) is 11.1 Å². The summed E-state index contributed by atoms with van der Waals surface area (Å²) in [5.41, 5.74) is 14.0. The molecule has 0 aliphatic heterocycles. The summed E-state index contributed by atoms with van der Waals surface area (Å²) in [4.78, 5) is 22.0. The summed E-state index contributed by atoms with van der Waals surface area (Å²) in [6, 6.07) is 0. The molecule has 0 aliphatic rings. The van der Waals surface area contributed by atoms with Crippen molar-refractivity contribution in [3.05, 3.63) is 22.3 Å². The molecule has 0 aromatic heterocycles. The Morgan fingerprint density at radius 2 is 0.950 bits per heavy atom. The molecule has 0 bridgehead atoms. The molecule has 0 aromatic rings. The average Bonchev–Trinajstić information content (AvgIpc) is 2.39. The molecule has 0 rings (SSSR count). The van der Waals surface area contributed by atoms with Crippen LogP contribution in [0.3, 0.4) is 0 Å². The third-order valence-electron chi connectivity index (χ3n) is 3.87. The van der Waals surface area contributed by atoms with Gasteiger partial charge in [0.25, 0.3) is 0 Å². The largest absolute Gasteiger partial charge is 0.366 e. The molecule has 0 spiro atoms. The molecule has 114 valence electrons. The predicted molar refractivity (Wildman–Crippen MR) is 82.8 cm³/mol. The Balaban J connectivity index is 3.90. The summed E-state index contributed by atoms with van der Waals surface area (Å²) in [6.45, 7) is 7.48. The maximum absolute atomic E-state index is 11.0. The summed E-state index contributed by atoms with van der Waals surface area (Å²) in [6.07, 6.45) is 6.20. The highest BCUT2D eigenvalue weighted by molar-refractivity contribution is 5.92. The minimum Gasteiger partial charge on any atom is -0.366 e. The number of unbranched alkanes of at least 4 members (excludes halogenated alkanes) is 3. The molecule has 4 nitrogen and oxygen atoms in total. The number of nitrogens with two attached hydrogens (primary N) is 2. The van der Waals surface area contributed by atoms with Crippen LogP contribution in [0.15, 0.2) is 22.3 Å². The molecular weight excluding hydrogens is 252 g/mol. The molecule has 0 atom stereocenters. The molecular formula is C16H28N2O2. The topological polar surface area (TPSA) is 86.2 Å². The van der Waals surface area contributed by atoms with Crippen molar-refractivity contribution in [2.24, 2.45) is 11.5 Å². The maximum Gasteiger partial charge on any atom is 0.244 e. The number of hydrogen-bond acceptors (Lipinski definition) is 2. The molecule has 4 N–H and O–H groups in total. The molecule has 0 saturated heterocycles. The summed E-state index contributed by atoms with van der Waals surface area (Å²) >= 11 is 0. The highest BCUT2D eigenvalue weighted by Gasteiger charge is 2.04. The Morgan fingerprint density at radius 1 is 0.650 bits per heavy atom. The zero-order valence-corrected chi connectivity index (χ0v) is 13.2. The van der Waals surface area contributed by atoms with Gasteiger partial charge in [-0.3, -0.25) is 9.59 Å². The molecule has 4 heteroatoms. The molecule has 0 heterocycles. The SMILES string of the molecule is C/C(CCCCCC/C(C)=C(\C)C(N)=O)=C(\C)C(N)=O. The maximum atomic E-state index is 11.0. The average molecular weight is 280 g/mol. The van der Waals surface area contributed by atoms with E-state index in [9.17, 15) is 9.59 Å². The second kappa shape index (κ2) is 9.34. The van der Waals surface area contributed by atoms with Gasteiger partial charge in [0, 0.05) is 11.1 Å². The second-order valence-corrected chi connectivity index (χ2v) is 5.45. The van der Waals surface area contributed by atoms with E-state index in [2.05, 4.69) is 0 Å². The van der Waals surface area contributed by atoms with Crippen LogP contribution in [0, 0.1) is 0 Å². The van der Waals surface area contributed by atoms with Crippen LogP contribution >= 0.6 is 0 Å². The highest BCUT2D eigenvalue weighted by Crippen LogP contribution is 2.16. The van der Waals surface area contributed by atoms with Gasteiger partial charge in [0.1, 0.15) is 0 Å². The van der Waals surface area contributed by atoms with Crippen LogP contribution in [0.1, 0.15) is 66.2 Å². The fourth-order valence-corrected chi connectivity index (χ4v) is 1.93. The monoisotopic (exact) mass is 280 g/mol. The molecule has 0 unspecified atom stereocenters. The van der Waals surface area contributed by atoms with Crippen LogP contribution in [0.4, 0.5) is 0 Å². The van der Waals surface area contributed by atoms with E-state index in [0.717, 1.165) is 49.7 Å². The van der Waals surface area contributed by atoms with Crippen LogP contribution in [0.25, 0.3) is 0 Å². The van der Waals surface area contributed by atoms with E-state index in [-0.39, 0.29) is 11.8 Å². The lowest BCUT2D eigenvalue weighted by molar-refractivity contribution is -0.115. The van der Waals surface area contributed by atoms with Gasteiger partial charge in [0.2, 0.25) is 11.8 Å². The Kier molecular flexibility index (Phi) is 8.61. The fraction of sp³-hybridized carbons (Fsp3) is 0.625. The van der Waals surface area contributed by atoms with Crippen LogP contribution in [0.5, 0.6) is 0 Å². The van der Waals surface area contributed by atoms with E-state index in [1.54, 1.807) is 13.8 Å². The van der Waals surface area contributed by atoms with Crippen molar-refractivity contribution in [2.75, 3.05) is 0 Å². The first kappa shape index (κ1) is 18.4. The Bertz CT molecular complexity index is 380. The van der Waals surface area contributed by atoms with E-state index < -0.39 is 0 Å². The first-order chi connectivity index (χ1) is 9.27. The van der Waals surface area contributed by atoms with Crippen LogP contribution in [0.2, 0.25) is 0 Å². The fourth-order valence-electron chi connectivity index (χ4n) is 1.93. The number of carbonyl (C=O) groups is 2. The minimum absolute atomic E-state index is 0.329. The zero-order valence-electron chi connectivity index (χ0n) is 13.2. The third-order valence-corrected chi connectivity index (χ3v) is 3.87. The lowest BCUT2D eigenvalue weighted by Gasteiger charge is -2.06. The van der Waals surface area contributed by atoms with Crippen molar-refractivity contribution in [1.29, 1.82) is 0 Å². The molecule has 0 aromatic carbocycles. The van der Waals surface area contributed by atoms with Crippen LogP contribution in [-0.4, -0.2) is 11.8 Å². The number of hydrogen-bond donors (Lipinski definition) is 2. The van der Waals surface area contributed by atoms with Gasteiger partial charge in [-0.2, -0.15) is 0 Å². The molecule has 0 fully saturated rings. The Hall–Kier alpha value is -1.58. The van der Waals surface area contributed by atoms with E-state index in [1.807, 2.05) is 13.8 Å². The van der Waals surface area contributed by atoms with Crippen molar-refractivity contribution in [2.45, 2.75) is 66.2 Å². The molecule has 2 amide bonds. The van der Waals surface area contributed by atoms with Gasteiger partial charge >= 0.3 is 0 Å². The van der Waals surface area contributed by atoms with E-state index >= 15 is 0 Å². The first-order valence-electron chi connectivity index (χ1n) is 7.19. The predicted octanol–water partition coefficient (Wildman–Crippen LogP) is 2.97. The summed E-state index contributed by atoms with van der Waals surface area (Å²) in [5, 5.41) is 0. The normalized spacial score (nSPS) is 13.6. The standard InChI is InChI=1S/C16H28N2O2/c1-11(13(3)15(17)19)9-7-5-6-8-10-12(2)14(4)16(18)20/h5-10H2,1-4H3,(H2,17,19)(H2,18,20)/b13-11-,14-12+. The van der Waals surface area contributed by atoms with Crippen molar-refractivity contribution in [1.82, 2.24) is 0 Å². The smallest absolute Gasteiger partial charge is 0.244 e. The lowest BCUT2D eigenvalue weighted by Crippen LogP contribution is -2.13. The van der Waals surface area contributed by atoms with Crippen LogP contribution < -0.4 is 11.5 Å². The Labute approximate surface area is 122 Å². The quantitative estimate of drug-likeness (QED) is 0.502. The summed E-state index contributed by atoms with van der Waals surface area (Å²) in [5.74, 6) is -0.657. The van der Waals surface area contributed by atoms with Crippen molar-refractivity contribution >= 4 is 11.8 Å². The summed E-state index contributed by atoms with van der Waals surface area (Å²) in [7, 11) is 0. The van der Waals surface area contributed by atoms with Gasteiger partial charge in [0.05, 0.1) is 0 Å². The van der Waals surface area contributed by atoms with Gasteiger partial charge in [-0.25, -0.2) is 0 Å². The van der Waals surface area contributed by atoms with E-state index in [1.165, 1.54) is 0 Å². The molecule has 0 saturated carbocycles. The number of carbonyl (C=O) groups excluding carboxylic acids is 2. The zero-order chi connectivity index (χ0) is 15.7. The Morgan fingerprint density at radius 3 is 1.20 bits per heavy atom. The van der Waals surface area contributed by atoms with Gasteiger partial charge < -0.3 is 11.5 Å². The molecule has 20 heavy (non-hydrogen) atoms. The summed E-state index contributed by atoms with van der Waals surface area (Å²) < 4.78 is 0. The molecule has 0 aliphatic carbocycles. The van der Waals surface area contributed by atoms with Crippen molar-refractivity contribution < 1.29 is 9.59 Å². The van der Waals surface area contributed by atoms with Crippen LogP contribution in [-0.2, 0) is 9.59 Å². The van der Waals surface area contributed by atoms with E-state index in [4.69, 9.17) is 11.5 Å². The van der Waals surface area contributed by atoms with Gasteiger partial charge in [-0.05, 0) is 53.4 Å². The van der Waals surface area contributed by atoms with Gasteiger partial charge in [-0.1, -0.05) is 24.0 Å². The second-order valence-electron chi connectivity index (χ2n) is 5.45. The number of allylic oxidation sites excluding steroid dienone is 2. The van der Waals surface area contributed by atoms with Crippen molar-refractivity contribution in [3.8, 4) is 0 Å². The van der Waals surface area contributed by atoms with Gasteiger partial charge in [-0.15, -0.1) is 0 Å². The minimum atomic E-state index is -0.329.